The van der Waals surface area contributed by atoms with E-state index in [9.17, 15) is 12.8 Å². The van der Waals surface area contributed by atoms with Crippen LogP contribution in [0.15, 0.2) is 35.2 Å². The summed E-state index contributed by atoms with van der Waals surface area (Å²) in [6, 6.07) is 5.82. The van der Waals surface area contributed by atoms with E-state index in [1.54, 1.807) is 0 Å². The van der Waals surface area contributed by atoms with Crippen molar-refractivity contribution in [3.63, 3.8) is 0 Å². The average Bonchev–Trinajstić information content (AvgIpc) is 2.44. The molecule has 0 heterocycles. The van der Waals surface area contributed by atoms with Crippen molar-refractivity contribution in [1.29, 1.82) is 0 Å². The molecule has 0 saturated carbocycles. The van der Waals surface area contributed by atoms with Crippen LogP contribution in [0.25, 0.3) is 0 Å². The van der Waals surface area contributed by atoms with Crippen molar-refractivity contribution < 1.29 is 17.5 Å². The first-order valence-corrected chi connectivity index (χ1v) is 8.37. The van der Waals surface area contributed by atoms with Gasteiger partial charge in [-0.05, 0) is 30.3 Å². The minimum Gasteiger partial charge on any atom is -0.494 e. The molecule has 2 aromatic carbocycles. The summed E-state index contributed by atoms with van der Waals surface area (Å²) in [6.45, 7) is 0. The van der Waals surface area contributed by atoms with Gasteiger partial charge in [-0.15, -0.1) is 0 Å². The van der Waals surface area contributed by atoms with E-state index in [4.69, 9.17) is 39.5 Å². The third-order valence-corrected chi connectivity index (χ3v) is 5.09. The molecule has 0 unspecified atom stereocenters. The predicted molar refractivity (Wildman–Crippen MR) is 85.2 cm³/mol. The lowest BCUT2D eigenvalue weighted by Gasteiger charge is -2.11. The minimum absolute atomic E-state index is 0.0345. The smallest absolute Gasteiger partial charge is 0.262 e. The fourth-order valence-corrected chi connectivity index (χ4v) is 3.35. The zero-order valence-electron chi connectivity index (χ0n) is 11.0. The second-order valence-electron chi connectivity index (χ2n) is 4.15. The Labute approximate surface area is 141 Å². The van der Waals surface area contributed by atoms with Crippen LogP contribution in [-0.4, -0.2) is 15.5 Å². The molecule has 118 valence electrons. The van der Waals surface area contributed by atoms with Crippen molar-refractivity contribution >= 4 is 50.5 Å². The molecule has 0 atom stereocenters. The van der Waals surface area contributed by atoms with Crippen LogP contribution in [0, 0.1) is 5.82 Å². The van der Waals surface area contributed by atoms with Gasteiger partial charge in [0.05, 0.1) is 32.8 Å². The molecular formula is C13H9Cl3FNO3S. The van der Waals surface area contributed by atoms with E-state index in [2.05, 4.69) is 4.72 Å². The first-order valence-electron chi connectivity index (χ1n) is 5.75. The van der Waals surface area contributed by atoms with Crippen molar-refractivity contribution in [3.8, 4) is 5.75 Å². The molecule has 0 aliphatic carbocycles. The maximum Gasteiger partial charge on any atom is 0.262 e. The van der Waals surface area contributed by atoms with E-state index >= 15 is 0 Å². The van der Waals surface area contributed by atoms with Gasteiger partial charge in [-0.1, -0.05) is 34.8 Å². The first-order chi connectivity index (χ1) is 10.2. The number of ether oxygens (including phenoxy) is 1. The van der Waals surface area contributed by atoms with E-state index < -0.39 is 15.8 Å². The monoisotopic (exact) mass is 383 g/mol. The molecule has 9 heteroatoms. The highest BCUT2D eigenvalue weighted by atomic mass is 35.5. The Morgan fingerprint density at radius 2 is 1.68 bits per heavy atom. The highest BCUT2D eigenvalue weighted by Gasteiger charge is 2.19. The van der Waals surface area contributed by atoms with Gasteiger partial charge in [-0.25, -0.2) is 12.8 Å². The molecule has 0 aliphatic rings. The van der Waals surface area contributed by atoms with Crippen LogP contribution in [0.3, 0.4) is 0 Å². The Balaban J connectivity index is 2.40. The second-order valence-corrected chi connectivity index (χ2v) is 7.05. The fraction of sp³-hybridized carbons (Fsp3) is 0.0769. The van der Waals surface area contributed by atoms with Crippen molar-refractivity contribution in [2.75, 3.05) is 11.8 Å². The van der Waals surface area contributed by atoms with Gasteiger partial charge in [0.2, 0.25) is 0 Å². The van der Waals surface area contributed by atoms with Crippen molar-refractivity contribution in [3.05, 3.63) is 51.2 Å². The Hall–Kier alpha value is -1.21. The molecular weight excluding hydrogens is 376 g/mol. The highest BCUT2D eigenvalue weighted by Crippen LogP contribution is 2.33. The second kappa shape index (κ2) is 6.50. The molecule has 0 saturated heterocycles. The van der Waals surface area contributed by atoms with E-state index in [1.165, 1.54) is 31.4 Å². The summed E-state index contributed by atoms with van der Waals surface area (Å²) in [6.07, 6.45) is 0. The Bertz CT molecular complexity index is 828. The Morgan fingerprint density at radius 3 is 2.27 bits per heavy atom. The highest BCUT2D eigenvalue weighted by molar-refractivity contribution is 7.92. The molecule has 1 N–H and O–H groups in total. The third kappa shape index (κ3) is 3.57. The molecule has 0 radical (unpaired) electrons. The maximum absolute atomic E-state index is 13.6. The fourth-order valence-electron chi connectivity index (χ4n) is 1.62. The van der Waals surface area contributed by atoms with E-state index in [1.807, 2.05) is 0 Å². The number of methoxy groups -OCH3 is 1. The van der Waals surface area contributed by atoms with Crippen LogP contribution in [0.5, 0.6) is 5.75 Å². The molecule has 0 amide bonds. The predicted octanol–water partition coefficient (Wildman–Crippen LogP) is 4.60. The number of anilines is 1. The van der Waals surface area contributed by atoms with Crippen molar-refractivity contribution in [2.45, 2.75) is 4.90 Å². The lowest BCUT2D eigenvalue weighted by atomic mass is 10.3. The van der Waals surface area contributed by atoms with E-state index in [0.29, 0.717) is 0 Å². The third-order valence-electron chi connectivity index (χ3n) is 2.69. The molecule has 4 nitrogen and oxygen atoms in total. The normalized spacial score (nSPS) is 11.3. The quantitative estimate of drug-likeness (QED) is 0.784. The summed E-state index contributed by atoms with van der Waals surface area (Å²) < 4.78 is 45.1. The number of nitrogens with one attached hydrogen (secondary N) is 1. The molecule has 22 heavy (non-hydrogen) atoms. The van der Waals surface area contributed by atoms with Crippen LogP contribution in [0.1, 0.15) is 0 Å². The van der Waals surface area contributed by atoms with Crippen LogP contribution in [0.4, 0.5) is 10.1 Å². The van der Waals surface area contributed by atoms with E-state index in [0.717, 1.165) is 6.07 Å². The summed E-state index contributed by atoms with van der Waals surface area (Å²) >= 11 is 17.5. The van der Waals surface area contributed by atoms with Gasteiger partial charge >= 0.3 is 0 Å². The van der Waals surface area contributed by atoms with Gasteiger partial charge in [0.15, 0.2) is 11.6 Å². The van der Waals surface area contributed by atoms with E-state index in [-0.39, 0.29) is 31.4 Å². The van der Waals surface area contributed by atoms with Crippen LogP contribution in [0.2, 0.25) is 15.1 Å². The Kier molecular flexibility index (Phi) is 5.07. The number of rotatable bonds is 4. The molecule has 0 aromatic heterocycles. The standard InChI is InChI=1S/C13H9Cl3FNO3S/c1-21-13-3-2-7(4-11(13)17)22(19,20)18-12-6-9(15)8(14)5-10(12)16/h2-6,18H,1H3. The summed E-state index contributed by atoms with van der Waals surface area (Å²) in [5.41, 5.74) is 0.0345. The van der Waals surface area contributed by atoms with Gasteiger partial charge in [-0.3, -0.25) is 4.72 Å². The van der Waals surface area contributed by atoms with Crippen LogP contribution < -0.4 is 9.46 Å². The SMILES string of the molecule is COc1ccc(S(=O)(=O)Nc2cc(Cl)c(Cl)cc2Cl)cc1F. The molecule has 2 aromatic rings. The van der Waals surface area contributed by atoms with Crippen LogP contribution >= 0.6 is 34.8 Å². The number of halogens is 4. The summed E-state index contributed by atoms with van der Waals surface area (Å²) in [5, 5.41) is 0.377. The maximum atomic E-state index is 13.6. The van der Waals surface area contributed by atoms with Crippen LogP contribution in [-0.2, 0) is 10.0 Å². The van der Waals surface area contributed by atoms with Gasteiger partial charge in [0.1, 0.15) is 0 Å². The largest absolute Gasteiger partial charge is 0.494 e. The van der Waals surface area contributed by atoms with Gasteiger partial charge in [-0.2, -0.15) is 0 Å². The Morgan fingerprint density at radius 1 is 1.05 bits per heavy atom. The molecule has 2 rings (SSSR count). The van der Waals surface area contributed by atoms with Gasteiger partial charge in [0, 0.05) is 0 Å². The molecule has 0 fully saturated rings. The summed E-state index contributed by atoms with van der Waals surface area (Å²) in [4.78, 5) is -0.284. The summed E-state index contributed by atoms with van der Waals surface area (Å²) in [5.74, 6) is -0.864. The summed E-state index contributed by atoms with van der Waals surface area (Å²) in [7, 11) is -2.77. The molecule has 0 aliphatic heterocycles. The lowest BCUT2D eigenvalue weighted by Crippen LogP contribution is -2.13. The van der Waals surface area contributed by atoms with Gasteiger partial charge < -0.3 is 4.74 Å². The van der Waals surface area contributed by atoms with Gasteiger partial charge in [0.25, 0.3) is 10.0 Å². The topological polar surface area (TPSA) is 55.4 Å². The number of hydrogen-bond acceptors (Lipinski definition) is 3. The number of sulfonamides is 1. The molecule has 0 bridgehead atoms. The minimum atomic E-state index is -4.04. The number of benzene rings is 2. The zero-order chi connectivity index (χ0) is 16.5. The number of hydrogen-bond donors (Lipinski definition) is 1. The van der Waals surface area contributed by atoms with Crippen molar-refractivity contribution in [2.24, 2.45) is 0 Å². The molecule has 0 spiro atoms. The van der Waals surface area contributed by atoms with Crippen molar-refractivity contribution in [1.82, 2.24) is 0 Å². The average molecular weight is 385 g/mol. The first kappa shape index (κ1) is 17.1. The zero-order valence-corrected chi connectivity index (χ0v) is 14.1. The lowest BCUT2D eigenvalue weighted by molar-refractivity contribution is 0.385.